The van der Waals surface area contributed by atoms with E-state index in [4.69, 9.17) is 5.84 Å². The summed E-state index contributed by atoms with van der Waals surface area (Å²) in [6.07, 6.45) is 0. The van der Waals surface area contributed by atoms with Gasteiger partial charge in [-0.05, 0) is 30.9 Å². The number of nitrogens with two attached hydrogens (primary N) is 1. The Morgan fingerprint density at radius 3 is 2.62 bits per heavy atom. The van der Waals surface area contributed by atoms with Crippen LogP contribution in [0.1, 0.15) is 16.7 Å². The summed E-state index contributed by atoms with van der Waals surface area (Å²) in [5.41, 5.74) is 3.83. The number of nitrogen functional groups attached to an aromatic ring is 1. The standard InChI is InChI=1S/C15H16N4S2/c1-10-6-11(2)8-12(7-10)9-21-15-18-17-14(19(15)16)13-4-3-5-20-13/h3-8H,9,16H2,1-2H3. The van der Waals surface area contributed by atoms with Crippen LogP contribution in [0.2, 0.25) is 0 Å². The predicted octanol–water partition coefficient (Wildman–Crippen LogP) is 3.63. The first-order valence-corrected chi connectivity index (χ1v) is 8.44. The second kappa shape index (κ2) is 5.91. The summed E-state index contributed by atoms with van der Waals surface area (Å²) in [7, 11) is 0. The average molecular weight is 316 g/mol. The first-order chi connectivity index (χ1) is 10.1. The molecule has 3 aromatic rings. The van der Waals surface area contributed by atoms with Gasteiger partial charge >= 0.3 is 0 Å². The summed E-state index contributed by atoms with van der Waals surface area (Å²) in [6.45, 7) is 4.23. The highest BCUT2D eigenvalue weighted by Gasteiger charge is 2.12. The van der Waals surface area contributed by atoms with Crippen LogP contribution < -0.4 is 5.84 Å². The maximum Gasteiger partial charge on any atom is 0.210 e. The number of benzene rings is 1. The molecular formula is C15H16N4S2. The molecule has 0 spiro atoms. The molecule has 4 nitrogen and oxygen atoms in total. The van der Waals surface area contributed by atoms with Crippen LogP contribution in [-0.2, 0) is 5.75 Å². The Hall–Kier alpha value is -1.79. The monoisotopic (exact) mass is 316 g/mol. The number of hydrogen-bond donors (Lipinski definition) is 1. The molecule has 3 rings (SSSR count). The second-order valence-electron chi connectivity index (χ2n) is 4.94. The van der Waals surface area contributed by atoms with Crippen molar-refractivity contribution in [1.29, 1.82) is 0 Å². The van der Waals surface area contributed by atoms with Crippen molar-refractivity contribution in [3.63, 3.8) is 0 Å². The molecule has 108 valence electrons. The minimum Gasteiger partial charge on any atom is -0.335 e. The molecule has 0 aliphatic heterocycles. The lowest BCUT2D eigenvalue weighted by molar-refractivity contribution is 0.850. The smallest absolute Gasteiger partial charge is 0.210 e. The Morgan fingerprint density at radius 1 is 1.19 bits per heavy atom. The Labute approximate surface area is 132 Å². The molecule has 2 aromatic heterocycles. The molecule has 1 aromatic carbocycles. The Kier molecular flexibility index (Phi) is 3.98. The SMILES string of the molecule is Cc1cc(C)cc(CSc2nnc(-c3cccs3)n2N)c1. The van der Waals surface area contributed by atoms with E-state index in [-0.39, 0.29) is 0 Å². The number of rotatable bonds is 4. The van der Waals surface area contributed by atoms with Crippen molar-refractivity contribution in [2.45, 2.75) is 24.8 Å². The van der Waals surface area contributed by atoms with Gasteiger partial charge in [0.1, 0.15) is 0 Å². The number of hydrogen-bond acceptors (Lipinski definition) is 5. The molecule has 0 bridgehead atoms. The predicted molar refractivity (Wildman–Crippen MR) is 89.0 cm³/mol. The zero-order valence-corrected chi connectivity index (χ0v) is 13.5. The van der Waals surface area contributed by atoms with E-state index in [1.807, 2.05) is 17.5 Å². The molecule has 0 radical (unpaired) electrons. The van der Waals surface area contributed by atoms with Crippen LogP contribution in [0.4, 0.5) is 0 Å². The lowest BCUT2D eigenvalue weighted by Gasteiger charge is -2.05. The summed E-state index contributed by atoms with van der Waals surface area (Å²) in [6, 6.07) is 10.5. The fourth-order valence-electron chi connectivity index (χ4n) is 2.25. The van der Waals surface area contributed by atoms with Gasteiger partial charge in [-0.2, -0.15) is 0 Å². The lowest BCUT2D eigenvalue weighted by atomic mass is 10.1. The number of aryl methyl sites for hydroxylation is 2. The van der Waals surface area contributed by atoms with E-state index in [0.29, 0.717) is 5.82 Å². The topological polar surface area (TPSA) is 56.7 Å². The molecule has 6 heteroatoms. The van der Waals surface area contributed by atoms with Crippen LogP contribution in [0.3, 0.4) is 0 Å². The largest absolute Gasteiger partial charge is 0.335 e. The third-order valence-corrected chi connectivity index (χ3v) is 4.94. The molecule has 21 heavy (non-hydrogen) atoms. The van der Waals surface area contributed by atoms with E-state index in [0.717, 1.165) is 15.8 Å². The summed E-state index contributed by atoms with van der Waals surface area (Å²) < 4.78 is 1.57. The van der Waals surface area contributed by atoms with Crippen molar-refractivity contribution in [2.75, 3.05) is 5.84 Å². The highest BCUT2D eigenvalue weighted by molar-refractivity contribution is 7.98. The molecule has 0 saturated carbocycles. The number of thiophene rings is 1. The van der Waals surface area contributed by atoms with E-state index in [1.54, 1.807) is 27.8 Å². The normalized spacial score (nSPS) is 11.0. The van der Waals surface area contributed by atoms with E-state index < -0.39 is 0 Å². The number of nitrogens with zero attached hydrogens (tertiary/aromatic N) is 3. The minimum absolute atomic E-state index is 0.716. The highest BCUT2D eigenvalue weighted by atomic mass is 32.2. The third-order valence-electron chi connectivity index (χ3n) is 3.06. The Bertz CT molecular complexity index is 727. The quantitative estimate of drug-likeness (QED) is 0.590. The van der Waals surface area contributed by atoms with Crippen molar-refractivity contribution in [1.82, 2.24) is 14.9 Å². The zero-order valence-electron chi connectivity index (χ0n) is 11.9. The van der Waals surface area contributed by atoms with Crippen LogP contribution in [0, 0.1) is 13.8 Å². The van der Waals surface area contributed by atoms with Gasteiger partial charge in [-0.25, -0.2) is 4.68 Å². The van der Waals surface area contributed by atoms with Crippen LogP contribution in [0.25, 0.3) is 10.7 Å². The van der Waals surface area contributed by atoms with E-state index in [1.165, 1.54) is 16.7 Å². The van der Waals surface area contributed by atoms with Crippen molar-refractivity contribution in [3.05, 3.63) is 52.4 Å². The molecule has 0 atom stereocenters. The van der Waals surface area contributed by atoms with E-state index >= 15 is 0 Å². The number of thioether (sulfide) groups is 1. The Morgan fingerprint density at radius 2 is 1.95 bits per heavy atom. The summed E-state index contributed by atoms with van der Waals surface area (Å²) in [4.78, 5) is 1.03. The minimum atomic E-state index is 0.716. The second-order valence-corrected chi connectivity index (χ2v) is 6.83. The molecule has 0 aliphatic carbocycles. The van der Waals surface area contributed by atoms with Crippen LogP contribution in [0.15, 0.2) is 40.9 Å². The molecule has 0 amide bonds. The van der Waals surface area contributed by atoms with Gasteiger partial charge in [-0.15, -0.1) is 21.5 Å². The van der Waals surface area contributed by atoms with Crippen molar-refractivity contribution in [3.8, 4) is 10.7 Å². The van der Waals surface area contributed by atoms with Gasteiger partial charge in [0, 0.05) is 5.75 Å². The van der Waals surface area contributed by atoms with Gasteiger partial charge in [-0.3, -0.25) is 0 Å². The molecule has 0 fully saturated rings. The highest BCUT2D eigenvalue weighted by Crippen LogP contribution is 2.27. The van der Waals surface area contributed by atoms with E-state index in [9.17, 15) is 0 Å². The van der Waals surface area contributed by atoms with Gasteiger partial charge < -0.3 is 5.84 Å². The molecule has 2 heterocycles. The van der Waals surface area contributed by atoms with Crippen LogP contribution in [-0.4, -0.2) is 14.9 Å². The van der Waals surface area contributed by atoms with Gasteiger partial charge in [0.05, 0.1) is 4.88 Å². The maximum absolute atomic E-state index is 6.10. The maximum atomic E-state index is 6.10. The number of aromatic nitrogens is 3. The summed E-state index contributed by atoms with van der Waals surface area (Å²) in [5.74, 6) is 7.65. The van der Waals surface area contributed by atoms with Crippen LogP contribution in [0.5, 0.6) is 0 Å². The lowest BCUT2D eigenvalue weighted by Crippen LogP contribution is -2.11. The van der Waals surface area contributed by atoms with Gasteiger partial charge in [0.15, 0.2) is 5.82 Å². The first kappa shape index (κ1) is 14.2. The first-order valence-electron chi connectivity index (χ1n) is 6.58. The van der Waals surface area contributed by atoms with Gasteiger partial charge in [-0.1, -0.05) is 47.2 Å². The summed E-state index contributed by atoms with van der Waals surface area (Å²) in [5, 5.41) is 11.1. The molecule has 0 unspecified atom stereocenters. The van der Waals surface area contributed by atoms with Crippen molar-refractivity contribution in [2.24, 2.45) is 0 Å². The van der Waals surface area contributed by atoms with Gasteiger partial charge in [0.25, 0.3) is 0 Å². The average Bonchev–Trinajstić information content (AvgIpc) is 3.05. The van der Waals surface area contributed by atoms with E-state index in [2.05, 4.69) is 42.2 Å². The fraction of sp³-hybridized carbons (Fsp3) is 0.200. The van der Waals surface area contributed by atoms with Crippen molar-refractivity contribution >= 4 is 23.1 Å². The molecule has 2 N–H and O–H groups in total. The van der Waals surface area contributed by atoms with Gasteiger partial charge in [0.2, 0.25) is 5.16 Å². The third kappa shape index (κ3) is 3.11. The Balaban J connectivity index is 1.77. The van der Waals surface area contributed by atoms with Crippen molar-refractivity contribution < 1.29 is 0 Å². The molecule has 0 aliphatic rings. The van der Waals surface area contributed by atoms with Crippen LogP contribution >= 0.6 is 23.1 Å². The molecule has 0 saturated heterocycles. The summed E-state index contributed by atoms with van der Waals surface area (Å²) >= 11 is 3.21. The zero-order chi connectivity index (χ0) is 14.8. The fourth-order valence-corrected chi connectivity index (χ4v) is 3.74. The molecular weight excluding hydrogens is 300 g/mol.